The van der Waals surface area contributed by atoms with E-state index in [9.17, 15) is 14.4 Å². The smallest absolute Gasteiger partial charge is 0.333 e. The van der Waals surface area contributed by atoms with Crippen LogP contribution in [0.3, 0.4) is 0 Å². The van der Waals surface area contributed by atoms with Crippen molar-refractivity contribution in [2.75, 3.05) is 33.0 Å². The Kier molecular flexibility index (Phi) is 10.6. The molecule has 0 saturated carbocycles. The number of thiazole rings is 1. The monoisotopic (exact) mass is 518 g/mol. The van der Waals surface area contributed by atoms with Crippen molar-refractivity contribution in [3.05, 3.63) is 43.3 Å². The third-order valence-electron chi connectivity index (χ3n) is 5.34. The average molecular weight is 519 g/mol. The second-order valence-electron chi connectivity index (χ2n) is 8.16. The van der Waals surface area contributed by atoms with Crippen LogP contribution in [0.5, 0.6) is 11.5 Å². The molecule has 1 aliphatic heterocycles. The van der Waals surface area contributed by atoms with Crippen LogP contribution in [-0.4, -0.2) is 55.5 Å². The van der Waals surface area contributed by atoms with Gasteiger partial charge in [-0.15, -0.1) is 11.3 Å². The Bertz CT molecular complexity index is 1210. The van der Waals surface area contributed by atoms with Crippen molar-refractivity contribution in [3.63, 3.8) is 0 Å². The van der Waals surface area contributed by atoms with Crippen molar-refractivity contribution >= 4 is 35.4 Å². The molecule has 0 spiro atoms. The maximum absolute atomic E-state index is 13.3. The number of hydrogen-bond acceptors (Lipinski definition) is 8. The molecule has 196 valence electrons. The van der Waals surface area contributed by atoms with Gasteiger partial charge in [-0.2, -0.15) is 0 Å². The van der Waals surface area contributed by atoms with E-state index in [4.69, 9.17) is 18.9 Å². The van der Waals surface area contributed by atoms with Gasteiger partial charge in [0.2, 0.25) is 5.91 Å². The minimum Gasteiger partial charge on any atom is -0.490 e. The molecular formula is C26H34N2O7S. The Morgan fingerprint density at radius 2 is 2.03 bits per heavy atom. The van der Waals surface area contributed by atoms with Gasteiger partial charge < -0.3 is 24.3 Å². The summed E-state index contributed by atoms with van der Waals surface area (Å²) in [6.07, 6.45) is 5.68. The molecule has 2 heterocycles. The highest BCUT2D eigenvalue weighted by Crippen LogP contribution is 2.29. The summed E-state index contributed by atoms with van der Waals surface area (Å²) < 4.78 is 24.0. The van der Waals surface area contributed by atoms with E-state index in [0.717, 1.165) is 36.2 Å². The zero-order chi connectivity index (χ0) is 25.9. The van der Waals surface area contributed by atoms with Gasteiger partial charge in [0.1, 0.15) is 11.2 Å². The van der Waals surface area contributed by atoms with Gasteiger partial charge in [-0.1, -0.05) is 13.0 Å². The van der Waals surface area contributed by atoms with E-state index in [1.165, 1.54) is 10.6 Å². The second kappa shape index (κ2) is 13.8. The van der Waals surface area contributed by atoms with Crippen molar-refractivity contribution in [1.29, 1.82) is 0 Å². The van der Waals surface area contributed by atoms with Crippen molar-refractivity contribution in [3.8, 4) is 11.5 Å². The number of rotatable bonds is 12. The highest BCUT2D eigenvalue weighted by Gasteiger charge is 2.17. The number of nitrogens with one attached hydrogen (secondary N) is 1. The molecule has 2 aromatic rings. The Labute approximate surface area is 214 Å². The summed E-state index contributed by atoms with van der Waals surface area (Å²) in [6, 6.07) is 5.45. The summed E-state index contributed by atoms with van der Waals surface area (Å²) in [5.74, 6) is 0.323. The van der Waals surface area contributed by atoms with Crippen LogP contribution in [0.15, 0.2) is 23.0 Å². The van der Waals surface area contributed by atoms with E-state index in [2.05, 4.69) is 5.32 Å². The van der Waals surface area contributed by atoms with Crippen molar-refractivity contribution in [2.24, 2.45) is 0 Å². The lowest BCUT2D eigenvalue weighted by molar-refractivity contribution is -0.135. The number of nitrogens with zero attached hydrogens (tertiary/aromatic N) is 1. The number of ether oxygens (including phenoxy) is 4. The van der Waals surface area contributed by atoms with Gasteiger partial charge in [0.25, 0.3) is 5.56 Å². The van der Waals surface area contributed by atoms with Crippen LogP contribution in [0, 0.1) is 0 Å². The van der Waals surface area contributed by atoms with Crippen LogP contribution in [-0.2, 0) is 25.6 Å². The summed E-state index contributed by atoms with van der Waals surface area (Å²) in [7, 11) is 0. The molecule has 1 amide bonds. The summed E-state index contributed by atoms with van der Waals surface area (Å²) in [4.78, 5) is 38.0. The van der Waals surface area contributed by atoms with Gasteiger partial charge >= 0.3 is 5.97 Å². The van der Waals surface area contributed by atoms with Crippen LogP contribution >= 0.6 is 11.3 Å². The maximum atomic E-state index is 13.3. The molecule has 0 radical (unpaired) electrons. The SMILES string of the molecule is CCCOc1ccc(/C=c2\s/c(=C\C(=O)OCC)n(CC(=O)NC[C@@H]3CCCO3)c2=O)cc1OCC. The topological polar surface area (TPSA) is 105 Å². The molecule has 1 N–H and O–H groups in total. The Morgan fingerprint density at radius 1 is 1.19 bits per heavy atom. The molecule has 10 heteroatoms. The van der Waals surface area contributed by atoms with Crippen LogP contribution < -0.4 is 29.5 Å². The van der Waals surface area contributed by atoms with E-state index < -0.39 is 5.97 Å². The molecule has 1 aromatic carbocycles. The van der Waals surface area contributed by atoms with Gasteiger partial charge in [-0.05, 0) is 56.9 Å². The first kappa shape index (κ1) is 27.5. The van der Waals surface area contributed by atoms with Gasteiger partial charge in [0.15, 0.2) is 11.5 Å². The van der Waals surface area contributed by atoms with E-state index in [1.54, 1.807) is 19.1 Å². The number of aromatic nitrogens is 1. The number of carbonyl (C=O) groups excluding carboxylic acids is 2. The summed E-state index contributed by atoms with van der Waals surface area (Å²) in [5, 5.41) is 2.82. The van der Waals surface area contributed by atoms with Crippen LogP contribution in [0.4, 0.5) is 0 Å². The number of benzene rings is 1. The number of esters is 1. The Hall–Kier alpha value is -3.11. The van der Waals surface area contributed by atoms with Crippen LogP contribution in [0.1, 0.15) is 45.6 Å². The molecule has 0 unspecified atom stereocenters. The third-order valence-corrected chi connectivity index (χ3v) is 6.40. The van der Waals surface area contributed by atoms with Crippen molar-refractivity contribution in [2.45, 2.75) is 52.7 Å². The fraction of sp³-hybridized carbons (Fsp3) is 0.500. The second-order valence-corrected chi connectivity index (χ2v) is 9.23. The fourth-order valence-corrected chi connectivity index (χ4v) is 4.71. The molecule has 1 saturated heterocycles. The standard InChI is InChI=1S/C26H34N2O7S/c1-4-11-35-20-10-9-18(13-21(20)32-5-2)14-22-26(31)28(24(36-22)15-25(30)33-6-3)17-23(29)27-16-19-8-7-12-34-19/h9-10,13-15,19H,4-8,11-12,16-17H2,1-3H3,(H,27,29)/b22-14-,24-15-/t19-/m0/s1. The van der Waals surface area contributed by atoms with Crippen molar-refractivity contribution in [1.82, 2.24) is 9.88 Å². The largest absolute Gasteiger partial charge is 0.490 e. The molecule has 0 aliphatic carbocycles. The molecule has 1 fully saturated rings. The summed E-state index contributed by atoms with van der Waals surface area (Å²) in [6.45, 7) is 7.73. The third kappa shape index (κ3) is 7.69. The highest BCUT2D eigenvalue weighted by atomic mass is 32.1. The molecule has 3 rings (SSSR count). The lowest BCUT2D eigenvalue weighted by Gasteiger charge is -2.11. The highest BCUT2D eigenvalue weighted by molar-refractivity contribution is 7.07. The Morgan fingerprint density at radius 3 is 2.72 bits per heavy atom. The van der Waals surface area contributed by atoms with Gasteiger partial charge in [0, 0.05) is 13.2 Å². The summed E-state index contributed by atoms with van der Waals surface area (Å²) >= 11 is 1.12. The normalized spacial score (nSPS) is 16.2. The quantitative estimate of drug-likeness (QED) is 0.425. The number of hydrogen-bond donors (Lipinski definition) is 1. The van der Waals surface area contributed by atoms with E-state index in [1.807, 2.05) is 26.0 Å². The first-order valence-electron chi connectivity index (χ1n) is 12.3. The molecule has 1 aliphatic rings. The molecular weight excluding hydrogens is 484 g/mol. The van der Waals surface area contributed by atoms with E-state index in [-0.39, 0.29) is 30.7 Å². The minimum atomic E-state index is -0.574. The first-order valence-corrected chi connectivity index (χ1v) is 13.1. The molecule has 36 heavy (non-hydrogen) atoms. The first-order chi connectivity index (χ1) is 17.4. The van der Waals surface area contributed by atoms with Crippen molar-refractivity contribution < 1.29 is 28.5 Å². The maximum Gasteiger partial charge on any atom is 0.333 e. The van der Waals surface area contributed by atoms with E-state index >= 15 is 0 Å². The minimum absolute atomic E-state index is 0.00795. The molecule has 0 bridgehead atoms. The zero-order valence-corrected chi connectivity index (χ0v) is 21.9. The molecule has 9 nitrogen and oxygen atoms in total. The lowest BCUT2D eigenvalue weighted by Crippen LogP contribution is -2.40. The van der Waals surface area contributed by atoms with Gasteiger partial charge in [0.05, 0.1) is 36.5 Å². The lowest BCUT2D eigenvalue weighted by atomic mass is 10.2. The fourth-order valence-electron chi connectivity index (χ4n) is 3.68. The number of carbonyl (C=O) groups is 2. The Balaban J connectivity index is 1.93. The average Bonchev–Trinajstić information content (AvgIpc) is 3.47. The molecule has 1 atom stereocenters. The summed E-state index contributed by atoms with van der Waals surface area (Å²) in [5.41, 5.74) is 0.366. The van der Waals surface area contributed by atoms with Crippen LogP contribution in [0.2, 0.25) is 0 Å². The van der Waals surface area contributed by atoms with Gasteiger partial charge in [-0.3, -0.25) is 14.2 Å². The zero-order valence-electron chi connectivity index (χ0n) is 21.0. The van der Waals surface area contributed by atoms with E-state index in [0.29, 0.717) is 47.1 Å². The van der Waals surface area contributed by atoms with Gasteiger partial charge in [-0.25, -0.2) is 4.79 Å². The predicted molar refractivity (Wildman–Crippen MR) is 138 cm³/mol. The molecule has 1 aromatic heterocycles. The van der Waals surface area contributed by atoms with Crippen LogP contribution in [0.25, 0.3) is 12.2 Å². The number of amides is 1. The predicted octanol–water partition coefficient (Wildman–Crippen LogP) is 1.56.